The minimum absolute atomic E-state index is 0.0859. The van der Waals surface area contributed by atoms with Crippen LogP contribution in [-0.2, 0) is 5.41 Å². The lowest BCUT2D eigenvalue weighted by molar-refractivity contribution is 0.171. The van der Waals surface area contributed by atoms with Crippen molar-refractivity contribution in [1.29, 1.82) is 0 Å². The molecule has 0 atom stereocenters. The molecule has 2 amide bonds. The average Bonchev–Trinajstić information content (AvgIpc) is 3.43. The Morgan fingerprint density at radius 2 is 1.76 bits per heavy atom. The van der Waals surface area contributed by atoms with E-state index in [1.165, 1.54) is 5.56 Å². The molecular formula is C19H19BrN2O3. The first-order valence-corrected chi connectivity index (χ1v) is 9.15. The second-order valence-corrected chi connectivity index (χ2v) is 7.28. The summed E-state index contributed by atoms with van der Waals surface area (Å²) in [6.07, 6.45) is 2.20. The fourth-order valence-corrected chi connectivity index (χ4v) is 3.51. The molecule has 4 rings (SSSR count). The molecule has 0 radical (unpaired) electrons. The van der Waals surface area contributed by atoms with E-state index in [1.54, 1.807) is 6.07 Å². The Morgan fingerprint density at radius 3 is 2.44 bits per heavy atom. The minimum atomic E-state index is -0.223. The normalized spacial score (nSPS) is 16.8. The maximum absolute atomic E-state index is 12.3. The summed E-state index contributed by atoms with van der Waals surface area (Å²) >= 11 is 3.47. The van der Waals surface area contributed by atoms with Crippen molar-refractivity contribution in [2.24, 2.45) is 0 Å². The van der Waals surface area contributed by atoms with Crippen molar-refractivity contribution in [3.05, 3.63) is 52.5 Å². The van der Waals surface area contributed by atoms with E-state index < -0.39 is 0 Å². The van der Waals surface area contributed by atoms with Crippen LogP contribution in [0.25, 0.3) is 0 Å². The molecule has 0 saturated heterocycles. The molecule has 1 aliphatic carbocycles. The Balaban J connectivity index is 1.40. The lowest BCUT2D eigenvalue weighted by Gasteiger charge is -2.20. The second kappa shape index (κ2) is 6.59. The molecule has 2 N–H and O–H groups in total. The average molecular weight is 403 g/mol. The molecular weight excluding hydrogens is 384 g/mol. The molecule has 0 aromatic heterocycles. The van der Waals surface area contributed by atoms with Crippen LogP contribution in [0, 0.1) is 0 Å². The fraction of sp³-hybridized carbons (Fsp3) is 0.316. The Kier molecular flexibility index (Phi) is 4.29. The first-order valence-electron chi connectivity index (χ1n) is 8.36. The number of benzene rings is 2. The van der Waals surface area contributed by atoms with E-state index in [9.17, 15) is 4.79 Å². The predicted molar refractivity (Wildman–Crippen MR) is 99.5 cm³/mol. The molecule has 130 valence electrons. The summed E-state index contributed by atoms with van der Waals surface area (Å²) < 4.78 is 11.9. The van der Waals surface area contributed by atoms with Gasteiger partial charge in [0, 0.05) is 28.6 Å². The molecule has 5 nitrogen and oxygen atoms in total. The van der Waals surface area contributed by atoms with Crippen molar-refractivity contribution in [2.75, 3.05) is 25.1 Å². The number of urea groups is 1. The molecule has 1 heterocycles. The van der Waals surface area contributed by atoms with Crippen LogP contribution in [0.4, 0.5) is 10.5 Å². The van der Waals surface area contributed by atoms with E-state index >= 15 is 0 Å². The van der Waals surface area contributed by atoms with Crippen molar-refractivity contribution in [3.8, 4) is 11.5 Å². The number of carbonyl (C=O) groups excluding carboxylic acids is 1. The molecule has 1 saturated carbocycles. The molecule has 25 heavy (non-hydrogen) atoms. The topological polar surface area (TPSA) is 59.6 Å². The maximum atomic E-state index is 12.3. The maximum Gasteiger partial charge on any atom is 0.319 e. The van der Waals surface area contributed by atoms with Crippen molar-refractivity contribution >= 4 is 27.6 Å². The molecule has 1 aliphatic heterocycles. The smallest absolute Gasteiger partial charge is 0.319 e. The Hall–Kier alpha value is -2.21. The SMILES string of the molecule is O=C(NCC1(c2ccccc2)CC1)Nc1cc2c(cc1Br)OCCO2. The van der Waals surface area contributed by atoms with Gasteiger partial charge in [-0.2, -0.15) is 0 Å². The van der Waals surface area contributed by atoms with Crippen molar-refractivity contribution in [2.45, 2.75) is 18.3 Å². The highest BCUT2D eigenvalue weighted by molar-refractivity contribution is 9.10. The number of fused-ring (bicyclic) bond motifs is 1. The molecule has 6 heteroatoms. The first kappa shape index (κ1) is 16.3. The zero-order valence-corrected chi connectivity index (χ0v) is 15.3. The first-order chi connectivity index (χ1) is 12.2. The van der Waals surface area contributed by atoms with E-state index in [2.05, 4.69) is 38.7 Å². The number of ether oxygens (including phenoxy) is 2. The lowest BCUT2D eigenvalue weighted by Crippen LogP contribution is -2.35. The molecule has 2 aromatic rings. The number of rotatable bonds is 4. The fourth-order valence-electron chi connectivity index (χ4n) is 3.09. The van der Waals surface area contributed by atoms with Crippen LogP contribution in [0.1, 0.15) is 18.4 Å². The van der Waals surface area contributed by atoms with Gasteiger partial charge in [0.1, 0.15) is 13.2 Å². The van der Waals surface area contributed by atoms with Crippen molar-refractivity contribution in [3.63, 3.8) is 0 Å². The Bertz CT molecular complexity index is 791. The third-order valence-corrected chi connectivity index (χ3v) is 5.36. The van der Waals surface area contributed by atoms with Crippen LogP contribution in [0.5, 0.6) is 11.5 Å². The standard InChI is InChI=1S/C19H19BrN2O3/c20-14-10-16-17(25-9-8-24-16)11-15(14)22-18(23)21-12-19(6-7-19)13-4-2-1-3-5-13/h1-5,10-11H,6-9,12H2,(H2,21,22,23). The zero-order chi connectivity index (χ0) is 17.3. The summed E-state index contributed by atoms with van der Waals surface area (Å²) in [5.74, 6) is 1.33. The van der Waals surface area contributed by atoms with Crippen LogP contribution in [0.3, 0.4) is 0 Å². The van der Waals surface area contributed by atoms with Gasteiger partial charge in [-0.3, -0.25) is 0 Å². The number of halogens is 1. The largest absolute Gasteiger partial charge is 0.486 e. The van der Waals surface area contributed by atoms with Crippen LogP contribution in [0.15, 0.2) is 46.9 Å². The Labute approximate surface area is 154 Å². The monoisotopic (exact) mass is 402 g/mol. The van der Waals surface area contributed by atoms with Gasteiger partial charge in [0.2, 0.25) is 0 Å². The van der Waals surface area contributed by atoms with E-state index in [0.717, 1.165) is 17.3 Å². The van der Waals surface area contributed by atoms with E-state index in [1.807, 2.05) is 24.3 Å². The summed E-state index contributed by atoms with van der Waals surface area (Å²) in [6.45, 7) is 1.68. The van der Waals surface area contributed by atoms with Crippen molar-refractivity contribution < 1.29 is 14.3 Å². The van der Waals surface area contributed by atoms with Crippen LogP contribution >= 0.6 is 15.9 Å². The predicted octanol–water partition coefficient (Wildman–Crippen LogP) is 4.07. The minimum Gasteiger partial charge on any atom is -0.486 e. The van der Waals surface area contributed by atoms with E-state index in [4.69, 9.17) is 9.47 Å². The molecule has 2 aliphatic rings. The molecule has 0 bridgehead atoms. The number of carbonyl (C=O) groups is 1. The van der Waals surface area contributed by atoms with E-state index in [-0.39, 0.29) is 11.4 Å². The van der Waals surface area contributed by atoms with Gasteiger partial charge in [-0.1, -0.05) is 30.3 Å². The summed E-state index contributed by atoms with van der Waals surface area (Å²) in [7, 11) is 0. The van der Waals surface area contributed by atoms with Crippen LogP contribution < -0.4 is 20.1 Å². The summed E-state index contributed by atoms with van der Waals surface area (Å²) in [6, 6.07) is 13.7. The van der Waals surface area contributed by atoms with Crippen LogP contribution in [0.2, 0.25) is 0 Å². The number of amides is 2. The summed E-state index contributed by atoms with van der Waals surface area (Å²) in [4.78, 5) is 12.3. The van der Waals surface area contributed by atoms with Crippen molar-refractivity contribution in [1.82, 2.24) is 5.32 Å². The van der Waals surface area contributed by atoms with Gasteiger partial charge >= 0.3 is 6.03 Å². The molecule has 2 aromatic carbocycles. The number of hydrogen-bond acceptors (Lipinski definition) is 3. The molecule has 0 unspecified atom stereocenters. The highest BCUT2D eigenvalue weighted by Crippen LogP contribution is 2.47. The van der Waals surface area contributed by atoms with Gasteiger partial charge in [0.25, 0.3) is 0 Å². The highest BCUT2D eigenvalue weighted by Gasteiger charge is 2.44. The van der Waals surface area contributed by atoms with Gasteiger partial charge in [-0.15, -0.1) is 0 Å². The van der Waals surface area contributed by atoms with Gasteiger partial charge < -0.3 is 20.1 Å². The quantitative estimate of drug-likeness (QED) is 0.809. The Morgan fingerprint density at radius 1 is 1.08 bits per heavy atom. The summed E-state index contributed by atoms with van der Waals surface area (Å²) in [5, 5.41) is 5.88. The molecule has 0 spiro atoms. The second-order valence-electron chi connectivity index (χ2n) is 6.43. The third kappa shape index (κ3) is 3.44. The summed E-state index contributed by atoms with van der Waals surface area (Å²) in [5.41, 5.74) is 2.03. The highest BCUT2D eigenvalue weighted by atomic mass is 79.9. The number of hydrogen-bond donors (Lipinski definition) is 2. The molecule has 1 fully saturated rings. The number of nitrogens with one attached hydrogen (secondary N) is 2. The number of anilines is 1. The van der Waals surface area contributed by atoms with Gasteiger partial charge in [0.05, 0.1) is 5.69 Å². The van der Waals surface area contributed by atoms with Gasteiger partial charge in [-0.25, -0.2) is 4.79 Å². The zero-order valence-electron chi connectivity index (χ0n) is 13.7. The van der Waals surface area contributed by atoms with Gasteiger partial charge in [-0.05, 0) is 34.3 Å². The lowest BCUT2D eigenvalue weighted by atomic mass is 9.96. The van der Waals surface area contributed by atoms with E-state index in [0.29, 0.717) is 36.9 Å². The van der Waals surface area contributed by atoms with Crippen LogP contribution in [-0.4, -0.2) is 25.8 Å². The van der Waals surface area contributed by atoms with Gasteiger partial charge in [0.15, 0.2) is 11.5 Å². The third-order valence-electron chi connectivity index (χ3n) is 4.71.